The monoisotopic (exact) mass is 162 g/mol. The van der Waals surface area contributed by atoms with Crippen LogP contribution in [0.4, 0.5) is 0 Å². The Balaban J connectivity index is -0.00000000500. The summed E-state index contributed by atoms with van der Waals surface area (Å²) in [7, 11) is 0. The van der Waals surface area contributed by atoms with Crippen LogP contribution in [0.25, 0.3) is 0 Å². The molecule has 0 amide bonds. The summed E-state index contributed by atoms with van der Waals surface area (Å²) >= 11 is 1.94. The van der Waals surface area contributed by atoms with Gasteiger partial charge in [-0.2, -0.15) is 0 Å². The molecule has 0 aliphatic heterocycles. The second-order valence-corrected chi connectivity index (χ2v) is 0. The molecule has 0 aromatic rings. The Morgan fingerprint density at radius 1 is 1.25 bits per heavy atom. The largest absolute Gasteiger partial charge is 0 e. The molecule has 0 aromatic heterocycles. The summed E-state index contributed by atoms with van der Waals surface area (Å²) in [6.45, 7) is 0. The van der Waals surface area contributed by atoms with Crippen molar-refractivity contribution >= 4 is 23.1 Å². The van der Waals surface area contributed by atoms with Gasteiger partial charge in [-0.15, -0.1) is 0 Å². The fraction of sp³-hybridized carbons (Fsp3) is 0. The zero-order valence-electron chi connectivity index (χ0n) is 1.53. The Morgan fingerprint density at radius 2 is 1.25 bits per heavy atom. The Bertz CT molecular complexity index is 8.00. The Hall–Kier alpha value is 1.87. The van der Waals surface area contributed by atoms with Crippen molar-refractivity contribution in [3.63, 3.8) is 0 Å². The minimum Gasteiger partial charge on any atom is 0 e. The van der Waals surface area contributed by atoms with Gasteiger partial charge in [-0.3, -0.25) is 0 Å². The van der Waals surface area contributed by atoms with Crippen LogP contribution in [0.15, 0.2) is 0 Å². The average Bonchev–Trinajstić information content (AvgIpc) is 1.00. The zero-order chi connectivity index (χ0) is 2.00. The van der Waals surface area contributed by atoms with Gasteiger partial charge in [0.1, 0.15) is 0 Å². The molecule has 0 rings (SSSR count). The molecule has 0 aromatic carbocycles. The molecule has 0 radical (unpaired) electrons. The van der Waals surface area contributed by atoms with Gasteiger partial charge in [-0.05, 0) is 0 Å². The van der Waals surface area contributed by atoms with Crippen molar-refractivity contribution in [2.24, 2.45) is 0 Å². The van der Waals surface area contributed by atoms with Crippen molar-refractivity contribution in [1.29, 1.82) is 0 Å². The average molecular weight is 164 g/mol. The van der Waals surface area contributed by atoms with Crippen LogP contribution in [0, 0.1) is 0 Å². The molecule has 0 heterocycles. The minimum absolute atomic E-state index is 0. The normalized spacial score (nSPS) is 1.50. The summed E-state index contributed by atoms with van der Waals surface area (Å²) in [6.07, 6.45) is 0. The summed E-state index contributed by atoms with van der Waals surface area (Å²) in [4.78, 5) is 0. The topological polar surface area (TPSA) is 20.2 Å². The van der Waals surface area contributed by atoms with Crippen LogP contribution in [0.1, 0.15) is 0 Å². The fourth-order valence-corrected chi connectivity index (χ4v) is 0. The van der Waals surface area contributed by atoms with Gasteiger partial charge in [0.15, 0.2) is 0 Å². The summed E-state index contributed by atoms with van der Waals surface area (Å²) in [5, 5.41) is 0. The fourth-order valence-electron chi connectivity index (χ4n) is 0. The maximum absolute atomic E-state index is 6.81. The van der Waals surface area contributed by atoms with Crippen molar-refractivity contribution in [2.75, 3.05) is 0 Å². The molecule has 0 saturated heterocycles. The molecule has 4 heavy (non-hydrogen) atoms. The van der Waals surface area contributed by atoms with Gasteiger partial charge in [-0.1, -0.05) is 0 Å². The van der Waals surface area contributed by atoms with E-state index in [1.807, 2.05) is 16.3 Å². The van der Waals surface area contributed by atoms with E-state index in [-0.39, 0.29) is 42.5 Å². The smallest absolute Gasteiger partial charge is 0 e. The summed E-state index contributed by atoms with van der Waals surface area (Å²) in [6, 6.07) is 0. The van der Waals surface area contributed by atoms with Crippen LogP contribution in [0.5, 0.6) is 0 Å². The third-order valence-corrected chi connectivity index (χ3v) is 0. The Kier molecular flexibility index (Phi) is 88.2. The van der Waals surface area contributed by atoms with Crippen molar-refractivity contribution in [1.82, 2.24) is 0 Å². The summed E-state index contributed by atoms with van der Waals surface area (Å²) in [5.74, 6) is 0. The molecule has 1 nitrogen and oxygen atoms in total. The van der Waals surface area contributed by atoms with Crippen LogP contribution < -0.4 is 0 Å². The standard InChI is InChI=1S/Mg.Mn.H2O.Zn.2H/h;;1H2;;;/q;+1;;;;/p-1. The van der Waals surface area contributed by atoms with Crippen molar-refractivity contribution in [2.45, 2.75) is 0 Å². The van der Waals surface area contributed by atoms with Crippen molar-refractivity contribution in [3.05, 3.63) is 0 Å². The number of hydrogen-bond acceptors (Lipinski definition) is 1. The first-order valence-electron chi connectivity index (χ1n) is 0.169. The van der Waals surface area contributed by atoms with Gasteiger partial charge in [0.05, 0.1) is 0 Å². The summed E-state index contributed by atoms with van der Waals surface area (Å²) in [5.41, 5.74) is 0. The SMILES string of the molecule is [MgH2].[OH][Mn].[Zn]. The molecule has 0 bridgehead atoms. The van der Waals surface area contributed by atoms with E-state index in [2.05, 4.69) is 0 Å². The van der Waals surface area contributed by atoms with Gasteiger partial charge >= 0.3 is 43.6 Å². The van der Waals surface area contributed by atoms with E-state index in [1.165, 1.54) is 0 Å². The Labute approximate surface area is 62.6 Å². The molecular weight excluding hydrogens is 161 g/mol. The molecular formula is H3MgMnOZn. The van der Waals surface area contributed by atoms with Gasteiger partial charge in [-0.25, -0.2) is 0 Å². The maximum atomic E-state index is 6.81. The second kappa shape index (κ2) is 20.9. The Morgan fingerprint density at radius 3 is 1.25 bits per heavy atom. The molecule has 0 atom stereocenters. The van der Waals surface area contributed by atoms with E-state index in [1.54, 1.807) is 0 Å². The quantitative estimate of drug-likeness (QED) is 0.432. The first-order valence-corrected chi connectivity index (χ1v) is 0.697. The zero-order valence-corrected chi connectivity index (χ0v) is 5.68. The van der Waals surface area contributed by atoms with Gasteiger partial charge in [0.2, 0.25) is 0 Å². The first kappa shape index (κ1) is 16.9. The van der Waals surface area contributed by atoms with E-state index in [9.17, 15) is 0 Å². The second-order valence-electron chi connectivity index (χ2n) is 0. The molecule has 0 saturated carbocycles. The number of hydrogen-bond donors (Lipinski definition) is 1. The first-order chi connectivity index (χ1) is 1.00. The van der Waals surface area contributed by atoms with E-state index >= 15 is 0 Å². The maximum Gasteiger partial charge on any atom is 0 e. The predicted molar refractivity (Wildman–Crippen MR) is 10.8 cm³/mol. The molecule has 0 unspecified atom stereocenters. The predicted octanol–water partition coefficient (Wildman–Crippen LogP) is -1.48. The van der Waals surface area contributed by atoms with Crippen LogP contribution in [0.3, 0.4) is 0 Å². The molecule has 0 fully saturated rings. The third kappa shape index (κ3) is 9.12. The van der Waals surface area contributed by atoms with Crippen molar-refractivity contribution in [3.8, 4) is 0 Å². The minimum atomic E-state index is 0. The van der Waals surface area contributed by atoms with Crippen LogP contribution >= 0.6 is 0 Å². The van der Waals surface area contributed by atoms with Crippen LogP contribution in [-0.4, -0.2) is 27.2 Å². The van der Waals surface area contributed by atoms with E-state index in [0.717, 1.165) is 0 Å². The molecule has 4 heteroatoms. The van der Waals surface area contributed by atoms with E-state index in [4.69, 9.17) is 4.19 Å². The molecule has 20 valence electrons. The third-order valence-electron chi connectivity index (χ3n) is 0. The molecule has 0 aliphatic carbocycles. The van der Waals surface area contributed by atoms with Crippen molar-refractivity contribution < 1.29 is 40.0 Å². The summed E-state index contributed by atoms with van der Waals surface area (Å²) < 4.78 is 6.81. The van der Waals surface area contributed by atoms with Gasteiger partial charge < -0.3 is 0 Å². The van der Waals surface area contributed by atoms with Gasteiger partial charge in [0.25, 0.3) is 0 Å². The van der Waals surface area contributed by atoms with Crippen LogP contribution in [-0.2, 0) is 35.8 Å². The number of rotatable bonds is 0. The van der Waals surface area contributed by atoms with Gasteiger partial charge in [0, 0.05) is 19.5 Å². The molecule has 0 aliphatic rings. The van der Waals surface area contributed by atoms with Crippen LogP contribution in [0.2, 0.25) is 0 Å². The van der Waals surface area contributed by atoms with E-state index < -0.39 is 0 Å². The van der Waals surface area contributed by atoms with E-state index in [0.29, 0.717) is 0 Å². The molecule has 0 spiro atoms. The molecule has 1 N–H and O–H groups in total.